The van der Waals surface area contributed by atoms with Gasteiger partial charge in [0.25, 0.3) is 5.91 Å². The number of amides is 2. The number of rotatable bonds is 7. The third kappa shape index (κ3) is 5.76. The summed E-state index contributed by atoms with van der Waals surface area (Å²) >= 11 is 0. The first-order valence-electron chi connectivity index (χ1n) is 15.7. The summed E-state index contributed by atoms with van der Waals surface area (Å²) in [5, 5.41) is 8.89. The molecule has 44 heavy (non-hydrogen) atoms. The van der Waals surface area contributed by atoms with Crippen LogP contribution in [0.2, 0.25) is 0 Å². The number of hydrogen-bond donors (Lipinski definition) is 0. The van der Waals surface area contributed by atoms with Crippen molar-refractivity contribution in [1.82, 2.24) is 29.6 Å². The SMILES string of the molecule is CN(Cc1nc(N(C)CC2CCCC2)cc2c1CN(c1cccc(-c3nnc4n3C(C)(C)CC4)n1)C2=O)C(=O)OC(C)(C)C. The molecular formula is C33H44N8O3. The van der Waals surface area contributed by atoms with E-state index in [0.717, 1.165) is 36.6 Å². The van der Waals surface area contributed by atoms with E-state index in [1.54, 1.807) is 11.9 Å². The lowest BCUT2D eigenvalue weighted by atomic mass is 10.0. The lowest BCUT2D eigenvalue weighted by Gasteiger charge is -2.26. The van der Waals surface area contributed by atoms with Gasteiger partial charge in [0.05, 0.1) is 24.3 Å². The maximum absolute atomic E-state index is 14.1. The molecule has 11 nitrogen and oxygen atoms in total. The minimum atomic E-state index is -0.618. The fourth-order valence-corrected chi connectivity index (χ4v) is 6.67. The third-order valence-electron chi connectivity index (χ3n) is 9.01. The topological polar surface area (TPSA) is 110 Å². The van der Waals surface area contributed by atoms with Gasteiger partial charge in [0, 0.05) is 38.2 Å². The highest BCUT2D eigenvalue weighted by atomic mass is 16.6. The molecule has 0 unspecified atom stereocenters. The second-order valence-corrected chi connectivity index (χ2v) is 14.2. The highest BCUT2D eigenvalue weighted by Gasteiger charge is 2.36. The first-order chi connectivity index (χ1) is 20.8. The van der Waals surface area contributed by atoms with Crippen LogP contribution in [0.1, 0.15) is 94.2 Å². The summed E-state index contributed by atoms with van der Waals surface area (Å²) < 4.78 is 7.78. The van der Waals surface area contributed by atoms with E-state index in [4.69, 9.17) is 14.7 Å². The molecule has 3 aliphatic rings. The van der Waals surface area contributed by atoms with Gasteiger partial charge in [-0.3, -0.25) is 9.69 Å². The Labute approximate surface area is 259 Å². The number of ether oxygens (including phenoxy) is 1. The van der Waals surface area contributed by atoms with Gasteiger partial charge in [-0.05, 0) is 78.0 Å². The molecule has 1 fully saturated rings. The lowest BCUT2D eigenvalue weighted by molar-refractivity contribution is 0.0282. The molecule has 6 rings (SSSR count). The monoisotopic (exact) mass is 600 g/mol. The van der Waals surface area contributed by atoms with Gasteiger partial charge in [-0.1, -0.05) is 18.9 Å². The van der Waals surface area contributed by atoms with Crippen LogP contribution in [0.5, 0.6) is 0 Å². The average molecular weight is 601 g/mol. The number of hydrogen-bond acceptors (Lipinski definition) is 8. The largest absolute Gasteiger partial charge is 0.444 e. The summed E-state index contributed by atoms with van der Waals surface area (Å²) in [5.74, 6) is 3.44. The zero-order valence-corrected chi connectivity index (χ0v) is 27.1. The number of pyridine rings is 2. The molecule has 0 saturated heterocycles. The van der Waals surface area contributed by atoms with Gasteiger partial charge in [-0.2, -0.15) is 0 Å². The summed E-state index contributed by atoms with van der Waals surface area (Å²) in [6.45, 7) is 11.3. The number of nitrogens with zero attached hydrogens (tertiary/aromatic N) is 8. The zero-order valence-electron chi connectivity index (χ0n) is 27.1. The van der Waals surface area contributed by atoms with Crippen molar-refractivity contribution in [2.45, 2.75) is 97.4 Å². The molecule has 0 spiro atoms. The fraction of sp³-hybridized carbons (Fsp3) is 0.576. The Hall–Kier alpha value is -4.02. The summed E-state index contributed by atoms with van der Waals surface area (Å²) in [4.78, 5) is 42.3. The molecule has 2 aliphatic heterocycles. The van der Waals surface area contributed by atoms with Crippen LogP contribution in [0.3, 0.4) is 0 Å². The molecule has 2 amide bonds. The van der Waals surface area contributed by atoms with E-state index >= 15 is 0 Å². The normalized spacial score (nSPS) is 17.6. The average Bonchev–Trinajstić information content (AvgIpc) is 3.74. The maximum atomic E-state index is 14.1. The minimum absolute atomic E-state index is 0.104. The van der Waals surface area contributed by atoms with Gasteiger partial charge in [0.15, 0.2) is 5.82 Å². The predicted molar refractivity (Wildman–Crippen MR) is 169 cm³/mol. The quantitative estimate of drug-likeness (QED) is 0.346. The van der Waals surface area contributed by atoms with E-state index in [1.807, 2.05) is 52.1 Å². The third-order valence-corrected chi connectivity index (χ3v) is 9.01. The lowest BCUT2D eigenvalue weighted by Crippen LogP contribution is -2.34. The first kappa shape index (κ1) is 30.0. The van der Waals surface area contributed by atoms with Crippen molar-refractivity contribution in [3.05, 3.63) is 46.9 Å². The number of aromatic nitrogens is 5. The smallest absolute Gasteiger partial charge is 0.410 e. The fourth-order valence-electron chi connectivity index (χ4n) is 6.67. The molecule has 11 heteroatoms. The number of carbonyl (C=O) groups excluding carboxylic acids is 2. The Balaban J connectivity index is 1.33. The Morgan fingerprint density at radius 3 is 2.59 bits per heavy atom. The molecule has 5 heterocycles. The summed E-state index contributed by atoms with van der Waals surface area (Å²) in [5.41, 5.74) is 2.05. The van der Waals surface area contributed by atoms with Crippen molar-refractivity contribution in [3.63, 3.8) is 0 Å². The Bertz CT molecular complexity index is 1580. The van der Waals surface area contributed by atoms with E-state index in [0.29, 0.717) is 41.1 Å². The van der Waals surface area contributed by atoms with Crippen molar-refractivity contribution in [3.8, 4) is 11.5 Å². The van der Waals surface area contributed by atoms with Crippen LogP contribution in [0, 0.1) is 5.92 Å². The second kappa shape index (κ2) is 11.2. The van der Waals surface area contributed by atoms with Crippen LogP contribution >= 0.6 is 0 Å². The molecule has 1 aliphatic carbocycles. The standard InChI is InChI=1S/C33H44N8O3/c1-32(2,3)44-31(43)39(7)20-25-23-19-40(30(42)22(23)17-28(35-25)38(6)18-21-11-8-9-12-21)26-14-10-13-24(34-26)29-37-36-27-15-16-33(4,5)41(27)29/h10,13-14,17,21H,8-9,11-12,15-16,18-20H2,1-7H3. The second-order valence-electron chi connectivity index (χ2n) is 14.2. The number of aryl methyl sites for hydroxylation is 1. The first-order valence-corrected chi connectivity index (χ1v) is 15.7. The van der Waals surface area contributed by atoms with Gasteiger partial charge < -0.3 is 19.1 Å². The van der Waals surface area contributed by atoms with E-state index in [1.165, 1.54) is 30.6 Å². The molecule has 0 aromatic carbocycles. The molecular weight excluding hydrogens is 556 g/mol. The van der Waals surface area contributed by atoms with Gasteiger partial charge >= 0.3 is 6.09 Å². The van der Waals surface area contributed by atoms with Crippen LogP contribution in [-0.2, 0) is 29.8 Å². The maximum Gasteiger partial charge on any atom is 0.410 e. The zero-order chi connectivity index (χ0) is 31.4. The van der Waals surface area contributed by atoms with Crippen molar-refractivity contribution >= 4 is 23.6 Å². The Kier molecular flexibility index (Phi) is 7.62. The van der Waals surface area contributed by atoms with Crippen LogP contribution < -0.4 is 9.80 Å². The Morgan fingerprint density at radius 1 is 1.11 bits per heavy atom. The highest BCUT2D eigenvalue weighted by Crippen LogP contribution is 2.37. The summed E-state index contributed by atoms with van der Waals surface area (Å²) in [7, 11) is 3.74. The van der Waals surface area contributed by atoms with Crippen LogP contribution in [0.4, 0.5) is 16.4 Å². The number of carbonyl (C=O) groups is 2. The van der Waals surface area contributed by atoms with Crippen molar-refractivity contribution in [1.29, 1.82) is 0 Å². The predicted octanol–water partition coefficient (Wildman–Crippen LogP) is 5.57. The number of anilines is 2. The van der Waals surface area contributed by atoms with E-state index in [-0.39, 0.29) is 18.0 Å². The molecule has 3 aromatic heterocycles. The molecule has 0 atom stereocenters. The van der Waals surface area contributed by atoms with Crippen molar-refractivity contribution < 1.29 is 14.3 Å². The Morgan fingerprint density at radius 2 is 1.86 bits per heavy atom. The molecule has 3 aromatic rings. The molecule has 0 N–H and O–H groups in total. The van der Waals surface area contributed by atoms with Crippen LogP contribution in [0.25, 0.3) is 11.5 Å². The van der Waals surface area contributed by atoms with Crippen molar-refractivity contribution in [2.75, 3.05) is 30.4 Å². The number of fused-ring (bicyclic) bond motifs is 2. The molecule has 0 bridgehead atoms. The van der Waals surface area contributed by atoms with Gasteiger partial charge in [0.1, 0.15) is 28.8 Å². The summed E-state index contributed by atoms with van der Waals surface area (Å²) in [6.07, 6.45) is 6.39. The van der Waals surface area contributed by atoms with Gasteiger partial charge in [-0.25, -0.2) is 14.8 Å². The molecule has 0 radical (unpaired) electrons. The minimum Gasteiger partial charge on any atom is -0.444 e. The molecule has 1 saturated carbocycles. The molecule has 234 valence electrons. The van der Waals surface area contributed by atoms with Gasteiger partial charge in [-0.15, -0.1) is 10.2 Å². The highest BCUT2D eigenvalue weighted by molar-refractivity contribution is 6.10. The van der Waals surface area contributed by atoms with E-state index in [9.17, 15) is 9.59 Å². The van der Waals surface area contributed by atoms with E-state index < -0.39 is 11.7 Å². The van der Waals surface area contributed by atoms with Crippen LogP contribution in [-0.4, -0.2) is 67.9 Å². The van der Waals surface area contributed by atoms with Crippen LogP contribution in [0.15, 0.2) is 24.3 Å². The van der Waals surface area contributed by atoms with Gasteiger partial charge in [0.2, 0.25) is 0 Å². The van der Waals surface area contributed by atoms with Crippen molar-refractivity contribution in [2.24, 2.45) is 5.92 Å². The summed E-state index contributed by atoms with van der Waals surface area (Å²) in [6, 6.07) is 7.59. The van der Waals surface area contributed by atoms with E-state index in [2.05, 4.69) is 33.5 Å².